The molecule has 0 amide bonds. The van der Waals surface area contributed by atoms with Crippen LogP contribution in [0.3, 0.4) is 0 Å². The van der Waals surface area contributed by atoms with Crippen LogP contribution in [0.1, 0.15) is 17.5 Å². The molecule has 0 saturated carbocycles. The van der Waals surface area contributed by atoms with Gasteiger partial charge in [-0.3, -0.25) is 0 Å². The molecule has 0 unspecified atom stereocenters. The van der Waals surface area contributed by atoms with Gasteiger partial charge in [-0.1, -0.05) is 17.7 Å². The van der Waals surface area contributed by atoms with E-state index in [-0.39, 0.29) is 0 Å². The van der Waals surface area contributed by atoms with Crippen molar-refractivity contribution in [2.45, 2.75) is 19.8 Å². The molecule has 23 heavy (non-hydrogen) atoms. The van der Waals surface area contributed by atoms with Crippen molar-refractivity contribution in [1.29, 1.82) is 0 Å². The Kier molecular flexibility index (Phi) is 3.22. The summed E-state index contributed by atoms with van der Waals surface area (Å²) in [6, 6.07) is 8.45. The van der Waals surface area contributed by atoms with Gasteiger partial charge in [0.05, 0.1) is 0 Å². The molecule has 6 heteroatoms. The van der Waals surface area contributed by atoms with Gasteiger partial charge in [0.2, 0.25) is 5.82 Å². The van der Waals surface area contributed by atoms with Gasteiger partial charge in [-0.05, 0) is 37.5 Å². The van der Waals surface area contributed by atoms with E-state index in [1.807, 2.05) is 6.07 Å². The Hall–Kier alpha value is -2.89. The number of nitrogens with two attached hydrogens (primary N) is 1. The molecule has 0 fully saturated rings. The Bertz CT molecular complexity index is 858. The van der Waals surface area contributed by atoms with Gasteiger partial charge >= 0.3 is 0 Å². The fourth-order valence-corrected chi connectivity index (χ4v) is 2.96. The Balaban J connectivity index is 1.75. The SMILES string of the molecule is Cc1ccc2c(c1)CCCN2c1ccnc(-c2nc(N)co2)n1. The molecule has 6 nitrogen and oxygen atoms in total. The summed E-state index contributed by atoms with van der Waals surface area (Å²) in [5.41, 5.74) is 9.45. The van der Waals surface area contributed by atoms with Gasteiger partial charge < -0.3 is 15.1 Å². The normalized spacial score (nSPS) is 13.9. The second-order valence-electron chi connectivity index (χ2n) is 5.70. The average molecular weight is 307 g/mol. The van der Waals surface area contributed by atoms with Gasteiger partial charge in [-0.2, -0.15) is 4.98 Å². The molecule has 3 aromatic rings. The minimum atomic E-state index is 0.327. The number of aryl methyl sites for hydroxylation is 2. The molecule has 2 N–H and O–H groups in total. The molecule has 2 aromatic heterocycles. The Morgan fingerprint density at radius 2 is 2.13 bits per heavy atom. The highest BCUT2D eigenvalue weighted by molar-refractivity contribution is 5.66. The van der Waals surface area contributed by atoms with Gasteiger partial charge in [-0.25, -0.2) is 9.97 Å². The van der Waals surface area contributed by atoms with Crippen LogP contribution >= 0.6 is 0 Å². The molecule has 0 saturated heterocycles. The fourth-order valence-electron chi connectivity index (χ4n) is 2.96. The summed E-state index contributed by atoms with van der Waals surface area (Å²) in [4.78, 5) is 15.2. The highest BCUT2D eigenvalue weighted by Crippen LogP contribution is 2.33. The van der Waals surface area contributed by atoms with Gasteiger partial charge in [0, 0.05) is 18.4 Å². The first-order chi connectivity index (χ1) is 11.2. The van der Waals surface area contributed by atoms with Crippen LogP contribution in [-0.4, -0.2) is 21.5 Å². The maximum atomic E-state index is 5.60. The lowest BCUT2D eigenvalue weighted by atomic mass is 9.99. The van der Waals surface area contributed by atoms with Gasteiger partial charge in [-0.15, -0.1) is 0 Å². The zero-order chi connectivity index (χ0) is 15.8. The van der Waals surface area contributed by atoms with Crippen molar-refractivity contribution in [1.82, 2.24) is 15.0 Å². The summed E-state index contributed by atoms with van der Waals surface area (Å²) in [7, 11) is 0. The predicted octanol–water partition coefficient (Wildman–Crippen LogP) is 3.11. The number of nitrogen functional groups attached to an aromatic ring is 1. The first kappa shape index (κ1) is 13.8. The number of fused-ring (bicyclic) bond motifs is 1. The molecule has 116 valence electrons. The number of anilines is 3. The van der Waals surface area contributed by atoms with E-state index in [1.54, 1.807) is 6.20 Å². The van der Waals surface area contributed by atoms with Crippen molar-refractivity contribution in [3.8, 4) is 11.7 Å². The smallest absolute Gasteiger partial charge is 0.266 e. The zero-order valence-electron chi connectivity index (χ0n) is 12.9. The zero-order valence-corrected chi connectivity index (χ0v) is 12.9. The van der Waals surface area contributed by atoms with Crippen molar-refractivity contribution >= 4 is 17.3 Å². The van der Waals surface area contributed by atoms with E-state index in [1.165, 1.54) is 23.1 Å². The second-order valence-corrected chi connectivity index (χ2v) is 5.70. The summed E-state index contributed by atoms with van der Waals surface area (Å²) in [5, 5.41) is 0. The first-order valence-corrected chi connectivity index (χ1v) is 7.62. The highest BCUT2D eigenvalue weighted by Gasteiger charge is 2.20. The van der Waals surface area contributed by atoms with Crippen molar-refractivity contribution in [3.63, 3.8) is 0 Å². The standard InChI is InChI=1S/C17H17N5O/c1-11-4-5-13-12(9-11)3-2-8-22(13)15-6-7-19-16(21-15)17-20-14(18)10-23-17/h4-7,9-10H,2-3,8,18H2,1H3. The summed E-state index contributed by atoms with van der Waals surface area (Å²) in [6.45, 7) is 3.05. The Morgan fingerprint density at radius 3 is 2.96 bits per heavy atom. The van der Waals surface area contributed by atoms with Crippen molar-refractivity contribution in [2.24, 2.45) is 0 Å². The first-order valence-electron chi connectivity index (χ1n) is 7.62. The number of rotatable bonds is 2. The molecule has 3 heterocycles. The van der Waals surface area contributed by atoms with E-state index >= 15 is 0 Å². The molecule has 1 aliphatic heterocycles. The fraction of sp³-hybridized carbons (Fsp3) is 0.235. The third-order valence-corrected chi connectivity index (χ3v) is 3.98. The van der Waals surface area contributed by atoms with Crippen LogP contribution in [0.5, 0.6) is 0 Å². The summed E-state index contributed by atoms with van der Waals surface area (Å²) >= 11 is 0. The Morgan fingerprint density at radius 1 is 1.22 bits per heavy atom. The largest absolute Gasteiger partial charge is 0.440 e. The van der Waals surface area contributed by atoms with Crippen LogP contribution in [0.2, 0.25) is 0 Å². The summed E-state index contributed by atoms with van der Waals surface area (Å²) in [6.07, 6.45) is 5.31. The second kappa shape index (κ2) is 5.39. The maximum absolute atomic E-state index is 5.60. The van der Waals surface area contributed by atoms with Gasteiger partial charge in [0.15, 0.2) is 5.82 Å². The number of aromatic nitrogens is 3. The quantitative estimate of drug-likeness (QED) is 0.783. The van der Waals surface area contributed by atoms with E-state index in [4.69, 9.17) is 10.2 Å². The topological polar surface area (TPSA) is 81.1 Å². The molecule has 1 aliphatic rings. The van der Waals surface area contributed by atoms with Crippen LogP contribution in [0, 0.1) is 6.92 Å². The third kappa shape index (κ3) is 2.52. The van der Waals surface area contributed by atoms with E-state index in [0.29, 0.717) is 17.5 Å². The van der Waals surface area contributed by atoms with Crippen LogP contribution in [0.4, 0.5) is 17.3 Å². The molecule has 4 rings (SSSR count). The molecular formula is C17H17N5O. The van der Waals surface area contributed by atoms with Crippen LogP contribution in [0.15, 0.2) is 41.1 Å². The molecule has 1 aromatic carbocycles. The lowest BCUT2D eigenvalue weighted by Crippen LogP contribution is -2.25. The van der Waals surface area contributed by atoms with E-state index in [0.717, 1.165) is 25.2 Å². The van der Waals surface area contributed by atoms with E-state index < -0.39 is 0 Å². The lowest BCUT2D eigenvalue weighted by molar-refractivity contribution is 0.569. The number of nitrogens with zero attached hydrogens (tertiary/aromatic N) is 4. The van der Waals surface area contributed by atoms with E-state index in [2.05, 4.69) is 45.0 Å². The van der Waals surface area contributed by atoms with Crippen molar-refractivity contribution in [2.75, 3.05) is 17.2 Å². The van der Waals surface area contributed by atoms with Crippen LogP contribution < -0.4 is 10.6 Å². The monoisotopic (exact) mass is 307 g/mol. The Labute approximate surface area is 134 Å². The number of hydrogen-bond acceptors (Lipinski definition) is 6. The van der Waals surface area contributed by atoms with Gasteiger partial charge in [0.1, 0.15) is 12.1 Å². The average Bonchev–Trinajstić information content (AvgIpc) is 3.01. The van der Waals surface area contributed by atoms with Crippen molar-refractivity contribution in [3.05, 3.63) is 47.9 Å². The molecule has 0 bridgehead atoms. The summed E-state index contributed by atoms with van der Waals surface area (Å²) < 4.78 is 5.30. The predicted molar refractivity (Wildman–Crippen MR) is 88.4 cm³/mol. The minimum Gasteiger partial charge on any atom is -0.440 e. The maximum Gasteiger partial charge on any atom is 0.266 e. The molecule has 0 radical (unpaired) electrons. The number of hydrogen-bond donors (Lipinski definition) is 1. The molecule has 0 aliphatic carbocycles. The van der Waals surface area contributed by atoms with E-state index in [9.17, 15) is 0 Å². The number of oxazole rings is 1. The molecular weight excluding hydrogens is 290 g/mol. The molecule has 0 atom stereocenters. The molecule has 0 spiro atoms. The highest BCUT2D eigenvalue weighted by atomic mass is 16.3. The lowest BCUT2D eigenvalue weighted by Gasteiger charge is -2.30. The van der Waals surface area contributed by atoms with Gasteiger partial charge in [0.25, 0.3) is 5.89 Å². The number of benzene rings is 1. The van der Waals surface area contributed by atoms with Crippen molar-refractivity contribution < 1.29 is 4.42 Å². The summed E-state index contributed by atoms with van der Waals surface area (Å²) in [5.74, 6) is 1.95. The third-order valence-electron chi connectivity index (χ3n) is 3.98. The van der Waals surface area contributed by atoms with Crippen LogP contribution in [-0.2, 0) is 6.42 Å². The minimum absolute atomic E-state index is 0.327. The van der Waals surface area contributed by atoms with Crippen LogP contribution in [0.25, 0.3) is 11.7 Å².